The van der Waals surface area contributed by atoms with E-state index in [-0.39, 0.29) is 12.2 Å². The summed E-state index contributed by atoms with van der Waals surface area (Å²) in [6, 6.07) is 15.4. The van der Waals surface area contributed by atoms with Gasteiger partial charge in [0.15, 0.2) is 5.82 Å². The Bertz CT molecular complexity index is 1390. The SMILES string of the molecule is O=CCc1c(/N=C/c2c(Cl)cccc2Cl)n(O)c2cccc(/N=C/c3c(Cl)cccc3Cl)c12. The van der Waals surface area contributed by atoms with Gasteiger partial charge in [0, 0.05) is 40.9 Å². The van der Waals surface area contributed by atoms with E-state index < -0.39 is 0 Å². The number of rotatable bonds is 6. The predicted molar refractivity (Wildman–Crippen MR) is 136 cm³/mol. The number of aldehydes is 1. The van der Waals surface area contributed by atoms with Gasteiger partial charge in [-0.1, -0.05) is 64.6 Å². The van der Waals surface area contributed by atoms with Gasteiger partial charge in [0.05, 0.1) is 31.3 Å². The van der Waals surface area contributed by atoms with Gasteiger partial charge in [-0.05, 0) is 36.4 Å². The summed E-state index contributed by atoms with van der Waals surface area (Å²) in [5, 5.41) is 13.1. The van der Waals surface area contributed by atoms with Crippen LogP contribution in [0.1, 0.15) is 16.7 Å². The van der Waals surface area contributed by atoms with Crippen LogP contribution in [0.5, 0.6) is 0 Å². The van der Waals surface area contributed by atoms with Crippen molar-refractivity contribution >= 4 is 87.5 Å². The van der Waals surface area contributed by atoms with Crippen LogP contribution in [0.25, 0.3) is 10.9 Å². The van der Waals surface area contributed by atoms with Gasteiger partial charge in [-0.15, -0.1) is 0 Å². The molecule has 0 amide bonds. The first kappa shape index (κ1) is 23.3. The molecule has 0 aliphatic heterocycles. The zero-order chi connectivity index (χ0) is 23.5. The molecule has 1 N–H and O–H groups in total. The van der Waals surface area contributed by atoms with Crippen LogP contribution in [0.3, 0.4) is 0 Å². The van der Waals surface area contributed by atoms with Gasteiger partial charge < -0.3 is 10.0 Å². The maximum absolute atomic E-state index is 11.5. The third kappa shape index (κ3) is 4.63. The van der Waals surface area contributed by atoms with E-state index in [9.17, 15) is 10.0 Å². The number of aliphatic imine (C=N–C) groups is 2. The van der Waals surface area contributed by atoms with Crippen molar-refractivity contribution in [2.75, 3.05) is 0 Å². The van der Waals surface area contributed by atoms with Gasteiger partial charge in [-0.3, -0.25) is 4.99 Å². The van der Waals surface area contributed by atoms with Gasteiger partial charge in [-0.2, -0.15) is 4.73 Å². The summed E-state index contributed by atoms with van der Waals surface area (Å²) in [4.78, 5) is 20.4. The Kier molecular flexibility index (Phi) is 7.05. The highest BCUT2D eigenvalue weighted by Crippen LogP contribution is 2.38. The van der Waals surface area contributed by atoms with Crippen molar-refractivity contribution in [3.63, 3.8) is 0 Å². The van der Waals surface area contributed by atoms with E-state index in [1.165, 1.54) is 6.21 Å². The van der Waals surface area contributed by atoms with E-state index in [0.29, 0.717) is 53.4 Å². The minimum Gasteiger partial charge on any atom is -0.426 e. The lowest BCUT2D eigenvalue weighted by atomic mass is 10.1. The van der Waals surface area contributed by atoms with Crippen molar-refractivity contribution in [1.29, 1.82) is 0 Å². The molecule has 0 radical (unpaired) electrons. The fraction of sp³-hybridized carbons (Fsp3) is 0.0417. The van der Waals surface area contributed by atoms with Crippen LogP contribution < -0.4 is 0 Å². The second-order valence-corrected chi connectivity index (χ2v) is 8.57. The molecule has 9 heteroatoms. The monoisotopic (exact) mass is 517 g/mol. The van der Waals surface area contributed by atoms with Crippen molar-refractivity contribution in [1.82, 2.24) is 4.73 Å². The Morgan fingerprint density at radius 3 is 1.85 bits per heavy atom. The van der Waals surface area contributed by atoms with Crippen molar-refractivity contribution in [2.45, 2.75) is 6.42 Å². The summed E-state index contributed by atoms with van der Waals surface area (Å²) in [5.74, 6) is 0.173. The third-order valence-electron chi connectivity index (χ3n) is 4.96. The number of hydrogen-bond donors (Lipinski definition) is 1. The average Bonchev–Trinajstić information content (AvgIpc) is 3.05. The summed E-state index contributed by atoms with van der Waals surface area (Å²) in [7, 11) is 0. The minimum atomic E-state index is 0.00632. The van der Waals surface area contributed by atoms with E-state index in [0.717, 1.165) is 11.0 Å². The molecule has 0 aliphatic carbocycles. The molecule has 0 unspecified atom stereocenters. The molecule has 0 atom stereocenters. The standard InChI is InChI=1S/C24H15Cl4N3O2/c25-17-4-1-5-18(26)15(17)12-29-21-8-3-9-22-23(21)14(10-11-32)24(31(22)33)30-13-16-19(27)6-2-7-20(16)28/h1-9,11-13,33H,10H2/b29-12+,30-13+. The molecular weight excluding hydrogens is 504 g/mol. The minimum absolute atomic E-state index is 0.00632. The largest absolute Gasteiger partial charge is 0.426 e. The summed E-state index contributed by atoms with van der Waals surface area (Å²) in [6.07, 6.45) is 3.74. The topological polar surface area (TPSA) is 67.0 Å². The lowest BCUT2D eigenvalue weighted by Crippen LogP contribution is -1.92. The number of carbonyl (C=O) groups excluding carboxylic acids is 1. The number of carbonyl (C=O) groups is 1. The Labute approximate surface area is 209 Å². The second kappa shape index (κ2) is 9.98. The van der Waals surface area contributed by atoms with Crippen LogP contribution in [-0.2, 0) is 11.2 Å². The summed E-state index contributed by atoms with van der Waals surface area (Å²) in [5.41, 5.74) is 2.50. The van der Waals surface area contributed by atoms with E-state index >= 15 is 0 Å². The van der Waals surface area contributed by atoms with Gasteiger partial charge in [0.25, 0.3) is 0 Å². The van der Waals surface area contributed by atoms with Crippen molar-refractivity contribution in [3.8, 4) is 0 Å². The fourth-order valence-corrected chi connectivity index (χ4v) is 4.40. The number of aromatic nitrogens is 1. The zero-order valence-electron chi connectivity index (χ0n) is 16.8. The first-order valence-electron chi connectivity index (χ1n) is 9.67. The molecule has 5 nitrogen and oxygen atoms in total. The average molecular weight is 519 g/mol. The molecule has 3 aromatic carbocycles. The van der Waals surface area contributed by atoms with Crippen LogP contribution in [0, 0.1) is 0 Å². The smallest absolute Gasteiger partial charge is 0.172 e. The van der Waals surface area contributed by atoms with E-state index in [1.807, 2.05) is 0 Å². The fourth-order valence-electron chi connectivity index (χ4n) is 3.41. The molecule has 0 bridgehead atoms. The van der Waals surface area contributed by atoms with Crippen molar-refractivity contribution in [2.24, 2.45) is 9.98 Å². The van der Waals surface area contributed by atoms with Crippen LogP contribution in [0.2, 0.25) is 20.1 Å². The first-order chi connectivity index (χ1) is 15.9. The Morgan fingerprint density at radius 2 is 1.30 bits per heavy atom. The van der Waals surface area contributed by atoms with Crippen LogP contribution in [0.15, 0.2) is 64.6 Å². The van der Waals surface area contributed by atoms with Gasteiger partial charge >= 0.3 is 0 Å². The van der Waals surface area contributed by atoms with Crippen LogP contribution in [0.4, 0.5) is 11.5 Å². The molecule has 33 heavy (non-hydrogen) atoms. The zero-order valence-corrected chi connectivity index (χ0v) is 19.9. The highest BCUT2D eigenvalue weighted by atomic mass is 35.5. The molecule has 1 aromatic heterocycles. The molecule has 0 saturated heterocycles. The second-order valence-electron chi connectivity index (χ2n) is 6.94. The number of nitrogens with zero attached hydrogens (tertiary/aromatic N) is 3. The maximum Gasteiger partial charge on any atom is 0.172 e. The molecular formula is C24H15Cl4N3O2. The third-order valence-corrected chi connectivity index (χ3v) is 6.27. The number of hydrogen-bond acceptors (Lipinski definition) is 4. The normalized spacial score (nSPS) is 11.8. The lowest BCUT2D eigenvalue weighted by Gasteiger charge is -2.03. The molecule has 1 heterocycles. The maximum atomic E-state index is 11.5. The number of benzene rings is 3. The van der Waals surface area contributed by atoms with Crippen LogP contribution >= 0.6 is 46.4 Å². The molecule has 166 valence electrons. The predicted octanol–water partition coefficient (Wildman–Crippen LogP) is 7.73. The quantitative estimate of drug-likeness (QED) is 0.161. The van der Waals surface area contributed by atoms with E-state index in [4.69, 9.17) is 46.4 Å². The van der Waals surface area contributed by atoms with Crippen molar-refractivity contribution in [3.05, 3.63) is 91.4 Å². The Morgan fingerprint density at radius 1 is 0.788 bits per heavy atom. The summed E-state index contributed by atoms with van der Waals surface area (Å²) in [6.45, 7) is 0. The lowest BCUT2D eigenvalue weighted by molar-refractivity contribution is -0.107. The van der Waals surface area contributed by atoms with E-state index in [1.54, 1.807) is 60.8 Å². The van der Waals surface area contributed by atoms with E-state index in [2.05, 4.69) is 9.98 Å². The van der Waals surface area contributed by atoms with Gasteiger partial charge in [-0.25, -0.2) is 4.99 Å². The highest BCUT2D eigenvalue weighted by Gasteiger charge is 2.19. The molecule has 0 fully saturated rings. The van der Waals surface area contributed by atoms with Crippen LogP contribution in [-0.4, -0.2) is 28.7 Å². The molecule has 0 saturated carbocycles. The Hall–Kier alpha value is -2.83. The summed E-state index contributed by atoms with van der Waals surface area (Å²) < 4.78 is 0.914. The molecule has 0 spiro atoms. The number of fused-ring (bicyclic) bond motifs is 1. The summed E-state index contributed by atoms with van der Waals surface area (Å²) >= 11 is 24.9. The van der Waals surface area contributed by atoms with Gasteiger partial charge in [0.2, 0.25) is 0 Å². The highest BCUT2D eigenvalue weighted by molar-refractivity contribution is 6.39. The molecule has 4 aromatic rings. The molecule has 0 aliphatic rings. The van der Waals surface area contributed by atoms with Gasteiger partial charge in [0.1, 0.15) is 6.29 Å². The first-order valence-corrected chi connectivity index (χ1v) is 11.2. The molecule has 4 rings (SSSR count). The Balaban J connectivity index is 1.88. The number of halogens is 4. The van der Waals surface area contributed by atoms with Crippen molar-refractivity contribution < 1.29 is 10.0 Å².